The number of nitrogens with one attached hydrogen (secondary N) is 1. The lowest BCUT2D eigenvalue weighted by Crippen LogP contribution is -2.32. The maximum atomic E-state index is 12.3. The van der Waals surface area contributed by atoms with Gasteiger partial charge in [-0.15, -0.1) is 0 Å². The summed E-state index contributed by atoms with van der Waals surface area (Å²) >= 11 is 5.83. The molecule has 2 aromatic carbocycles. The minimum atomic E-state index is -0.398. The van der Waals surface area contributed by atoms with E-state index in [1.54, 1.807) is 43.4 Å². The van der Waals surface area contributed by atoms with Crippen LogP contribution in [0, 0.1) is 0 Å². The van der Waals surface area contributed by atoms with Gasteiger partial charge in [-0.3, -0.25) is 14.2 Å². The molecule has 0 spiro atoms. The van der Waals surface area contributed by atoms with Gasteiger partial charge in [-0.05, 0) is 29.8 Å². The summed E-state index contributed by atoms with van der Waals surface area (Å²) in [5.41, 5.74) is 1.17. The van der Waals surface area contributed by atoms with Crippen molar-refractivity contribution < 1.29 is 4.79 Å². The van der Waals surface area contributed by atoms with Crippen LogP contribution in [-0.2, 0) is 13.6 Å². The van der Waals surface area contributed by atoms with Crippen LogP contribution in [-0.4, -0.2) is 15.5 Å². The van der Waals surface area contributed by atoms with E-state index >= 15 is 0 Å². The van der Waals surface area contributed by atoms with Crippen LogP contribution < -0.4 is 10.9 Å². The lowest BCUT2D eigenvalue weighted by molar-refractivity contribution is 0.0936. The molecule has 0 radical (unpaired) electrons. The van der Waals surface area contributed by atoms with Gasteiger partial charge in [-0.1, -0.05) is 35.9 Å². The summed E-state index contributed by atoms with van der Waals surface area (Å²) in [4.78, 5) is 28.9. The fraction of sp³-hybridized carbons (Fsp3) is 0.118. The summed E-state index contributed by atoms with van der Waals surface area (Å²) in [6, 6.07) is 14.1. The van der Waals surface area contributed by atoms with Crippen molar-refractivity contribution in [3.63, 3.8) is 0 Å². The van der Waals surface area contributed by atoms with Gasteiger partial charge in [0, 0.05) is 18.6 Å². The van der Waals surface area contributed by atoms with E-state index in [0.717, 1.165) is 5.56 Å². The Balaban J connectivity index is 1.87. The maximum absolute atomic E-state index is 12.3. The number of nitrogens with zero attached hydrogens (tertiary/aromatic N) is 2. The number of carbonyl (C=O) groups excluding carboxylic acids is 1. The first kappa shape index (κ1) is 15.2. The molecule has 0 saturated heterocycles. The molecule has 1 amide bonds. The molecular formula is C17H14ClN3O2. The van der Waals surface area contributed by atoms with E-state index in [9.17, 15) is 9.59 Å². The number of para-hydroxylation sites is 1. The Morgan fingerprint density at radius 3 is 2.61 bits per heavy atom. The van der Waals surface area contributed by atoms with E-state index < -0.39 is 5.91 Å². The molecule has 3 rings (SSSR count). The largest absolute Gasteiger partial charge is 0.345 e. The Labute approximate surface area is 137 Å². The lowest BCUT2D eigenvalue weighted by atomic mass is 10.2. The number of rotatable bonds is 3. The van der Waals surface area contributed by atoms with Gasteiger partial charge in [0.05, 0.1) is 10.9 Å². The fourth-order valence-electron chi connectivity index (χ4n) is 2.28. The van der Waals surface area contributed by atoms with Gasteiger partial charge in [-0.2, -0.15) is 0 Å². The number of halogens is 1. The Hall–Kier alpha value is -2.66. The second kappa shape index (κ2) is 6.22. The summed E-state index contributed by atoms with van der Waals surface area (Å²) in [6.07, 6.45) is 0. The van der Waals surface area contributed by atoms with Crippen molar-refractivity contribution in [2.24, 2.45) is 7.05 Å². The molecule has 0 bridgehead atoms. The molecule has 0 aliphatic heterocycles. The molecule has 116 valence electrons. The standard InChI is InChI=1S/C17H14ClN3O2/c1-21-15(20-14-5-3-2-4-13(14)17(21)23)16(22)19-10-11-6-8-12(18)9-7-11/h2-9H,10H2,1H3,(H,19,22). The van der Waals surface area contributed by atoms with Crippen molar-refractivity contribution in [1.29, 1.82) is 0 Å². The van der Waals surface area contributed by atoms with Crippen molar-refractivity contribution in [1.82, 2.24) is 14.9 Å². The van der Waals surface area contributed by atoms with Crippen LogP contribution >= 0.6 is 11.6 Å². The van der Waals surface area contributed by atoms with Crippen molar-refractivity contribution in [2.75, 3.05) is 0 Å². The van der Waals surface area contributed by atoms with Crippen molar-refractivity contribution in [3.05, 3.63) is 75.3 Å². The van der Waals surface area contributed by atoms with Crippen LogP contribution in [0.3, 0.4) is 0 Å². The lowest BCUT2D eigenvalue weighted by Gasteiger charge is -2.09. The van der Waals surface area contributed by atoms with E-state index in [1.165, 1.54) is 4.57 Å². The van der Waals surface area contributed by atoms with Crippen LogP contribution in [0.15, 0.2) is 53.3 Å². The fourth-order valence-corrected chi connectivity index (χ4v) is 2.41. The Morgan fingerprint density at radius 1 is 1.17 bits per heavy atom. The number of hydrogen-bond acceptors (Lipinski definition) is 3. The van der Waals surface area contributed by atoms with Gasteiger partial charge in [0.2, 0.25) is 5.82 Å². The zero-order valence-electron chi connectivity index (χ0n) is 12.4. The monoisotopic (exact) mass is 327 g/mol. The first-order valence-electron chi connectivity index (χ1n) is 7.04. The quantitative estimate of drug-likeness (QED) is 0.804. The van der Waals surface area contributed by atoms with E-state index in [-0.39, 0.29) is 11.4 Å². The summed E-state index contributed by atoms with van der Waals surface area (Å²) in [7, 11) is 1.54. The van der Waals surface area contributed by atoms with E-state index in [2.05, 4.69) is 10.3 Å². The predicted octanol–water partition coefficient (Wildman–Crippen LogP) is 2.52. The highest BCUT2D eigenvalue weighted by Crippen LogP contribution is 2.10. The number of fused-ring (bicyclic) bond motifs is 1. The zero-order chi connectivity index (χ0) is 16.4. The third-order valence-electron chi connectivity index (χ3n) is 3.55. The molecule has 6 heteroatoms. The molecule has 0 unspecified atom stereocenters. The molecule has 3 aromatic rings. The first-order chi connectivity index (χ1) is 11.1. The van der Waals surface area contributed by atoms with Gasteiger partial charge in [0.1, 0.15) is 0 Å². The minimum absolute atomic E-state index is 0.0858. The summed E-state index contributed by atoms with van der Waals surface area (Å²) in [6.45, 7) is 0.332. The van der Waals surface area contributed by atoms with E-state index in [4.69, 9.17) is 11.6 Å². The molecule has 23 heavy (non-hydrogen) atoms. The SMILES string of the molecule is Cn1c(C(=O)NCc2ccc(Cl)cc2)nc2ccccc2c1=O. The van der Waals surface area contributed by atoms with Gasteiger partial charge in [0.15, 0.2) is 0 Å². The molecule has 1 heterocycles. The van der Waals surface area contributed by atoms with Crippen LogP contribution in [0.1, 0.15) is 16.2 Å². The second-order valence-electron chi connectivity index (χ2n) is 5.13. The van der Waals surface area contributed by atoms with Gasteiger partial charge >= 0.3 is 0 Å². The molecule has 0 atom stereocenters. The highest BCUT2D eigenvalue weighted by Gasteiger charge is 2.14. The summed E-state index contributed by atoms with van der Waals surface area (Å²) < 4.78 is 1.26. The molecule has 1 N–H and O–H groups in total. The van der Waals surface area contributed by atoms with Crippen molar-refractivity contribution >= 4 is 28.4 Å². The van der Waals surface area contributed by atoms with Crippen molar-refractivity contribution in [2.45, 2.75) is 6.54 Å². The normalized spacial score (nSPS) is 10.7. The Morgan fingerprint density at radius 2 is 1.87 bits per heavy atom. The molecular weight excluding hydrogens is 314 g/mol. The number of hydrogen-bond donors (Lipinski definition) is 1. The number of amides is 1. The minimum Gasteiger partial charge on any atom is -0.345 e. The second-order valence-corrected chi connectivity index (χ2v) is 5.56. The van der Waals surface area contributed by atoms with E-state index in [1.807, 2.05) is 12.1 Å². The van der Waals surface area contributed by atoms with Crippen molar-refractivity contribution in [3.8, 4) is 0 Å². The number of carbonyl (C=O) groups is 1. The highest BCUT2D eigenvalue weighted by molar-refractivity contribution is 6.30. The molecule has 5 nitrogen and oxygen atoms in total. The highest BCUT2D eigenvalue weighted by atomic mass is 35.5. The third-order valence-corrected chi connectivity index (χ3v) is 3.80. The van der Waals surface area contributed by atoms with Gasteiger partial charge < -0.3 is 5.32 Å². The maximum Gasteiger partial charge on any atom is 0.287 e. The average Bonchev–Trinajstić information content (AvgIpc) is 2.57. The van der Waals surface area contributed by atoms with Crippen LogP contribution in [0.4, 0.5) is 0 Å². The van der Waals surface area contributed by atoms with Gasteiger partial charge in [-0.25, -0.2) is 4.98 Å². The topological polar surface area (TPSA) is 64.0 Å². The molecule has 1 aromatic heterocycles. The van der Waals surface area contributed by atoms with E-state index in [0.29, 0.717) is 22.5 Å². The Kier molecular flexibility index (Phi) is 4.12. The molecule has 0 saturated carbocycles. The first-order valence-corrected chi connectivity index (χ1v) is 7.42. The van der Waals surface area contributed by atoms with Crippen LogP contribution in [0.2, 0.25) is 5.02 Å². The molecule has 0 aliphatic rings. The smallest absolute Gasteiger partial charge is 0.287 e. The predicted molar refractivity (Wildman–Crippen MR) is 89.6 cm³/mol. The summed E-state index contributed by atoms with van der Waals surface area (Å²) in [5.74, 6) is -0.312. The summed E-state index contributed by atoms with van der Waals surface area (Å²) in [5, 5.41) is 3.89. The zero-order valence-corrected chi connectivity index (χ0v) is 13.2. The van der Waals surface area contributed by atoms with Gasteiger partial charge in [0.25, 0.3) is 11.5 Å². The van der Waals surface area contributed by atoms with Crippen LogP contribution in [0.5, 0.6) is 0 Å². The average molecular weight is 328 g/mol. The Bertz CT molecular complexity index is 933. The molecule has 0 aliphatic carbocycles. The number of aromatic nitrogens is 2. The third kappa shape index (κ3) is 3.10. The number of benzene rings is 2. The molecule has 0 fully saturated rings. The van der Waals surface area contributed by atoms with Crippen LogP contribution in [0.25, 0.3) is 10.9 Å².